The van der Waals surface area contributed by atoms with Gasteiger partial charge < -0.3 is 10.6 Å². The molecule has 0 aliphatic heterocycles. The zero-order valence-corrected chi connectivity index (χ0v) is 12.3. The number of benzene rings is 1. The molecule has 0 aliphatic rings. The molecule has 2 nitrogen and oxygen atoms in total. The molecule has 1 rings (SSSR count). The van der Waals surface area contributed by atoms with Gasteiger partial charge in [0.2, 0.25) is 0 Å². The Morgan fingerprint density at radius 3 is 2.75 bits per heavy atom. The van der Waals surface area contributed by atoms with Gasteiger partial charge in [-0.3, -0.25) is 0 Å². The minimum Gasteiger partial charge on any atom is -0.374 e. The normalized spacial score (nSPS) is 10.5. The summed E-state index contributed by atoms with van der Waals surface area (Å²) in [5.41, 5.74) is 8.09. The summed E-state index contributed by atoms with van der Waals surface area (Å²) in [5.74, 6) is 1.15. The maximum atomic E-state index is 5.56. The van der Waals surface area contributed by atoms with Gasteiger partial charge >= 0.3 is 0 Å². The van der Waals surface area contributed by atoms with Crippen molar-refractivity contribution in [1.82, 2.24) is 0 Å². The molecule has 0 aliphatic carbocycles. The smallest absolute Gasteiger partial charge is 0.0375 e. The summed E-state index contributed by atoms with van der Waals surface area (Å²) < 4.78 is 1.16. The van der Waals surface area contributed by atoms with Crippen LogP contribution in [0.25, 0.3) is 0 Å². The second-order valence-electron chi connectivity index (χ2n) is 3.73. The Bertz CT molecular complexity index is 331. The van der Waals surface area contributed by atoms with Gasteiger partial charge in [-0.25, -0.2) is 0 Å². The van der Waals surface area contributed by atoms with Gasteiger partial charge in [0.1, 0.15) is 0 Å². The topological polar surface area (TPSA) is 29.3 Å². The zero-order chi connectivity index (χ0) is 12.0. The van der Waals surface area contributed by atoms with E-state index in [1.165, 1.54) is 11.3 Å². The van der Waals surface area contributed by atoms with E-state index in [4.69, 9.17) is 5.73 Å². The lowest BCUT2D eigenvalue weighted by molar-refractivity contribution is 0.952. The van der Waals surface area contributed by atoms with Crippen LogP contribution in [0, 0.1) is 0 Å². The number of halogens is 1. The second-order valence-corrected chi connectivity index (χ2v) is 5.57. The molecule has 0 heterocycles. The van der Waals surface area contributed by atoms with Crippen molar-refractivity contribution in [3.63, 3.8) is 0 Å². The van der Waals surface area contributed by atoms with Crippen molar-refractivity contribution in [3.8, 4) is 0 Å². The average molecular weight is 303 g/mol. The maximum Gasteiger partial charge on any atom is 0.0375 e. The van der Waals surface area contributed by atoms with Crippen molar-refractivity contribution < 1.29 is 0 Å². The first-order chi connectivity index (χ1) is 7.69. The third-order valence-corrected chi connectivity index (χ3v) is 3.85. The van der Waals surface area contributed by atoms with Gasteiger partial charge in [0.05, 0.1) is 0 Å². The van der Waals surface area contributed by atoms with Crippen LogP contribution < -0.4 is 10.6 Å². The maximum absolute atomic E-state index is 5.56. The predicted octanol–water partition coefficient (Wildman–Crippen LogP) is 2.75. The summed E-state index contributed by atoms with van der Waals surface area (Å²) in [7, 11) is 2.13. The highest BCUT2D eigenvalue weighted by molar-refractivity contribution is 9.10. The van der Waals surface area contributed by atoms with Crippen LogP contribution in [0.3, 0.4) is 0 Å². The Hall–Kier alpha value is -0.190. The first-order valence-electron chi connectivity index (χ1n) is 5.37. The molecule has 90 valence electrons. The molecule has 0 atom stereocenters. The molecule has 0 saturated heterocycles. The van der Waals surface area contributed by atoms with Gasteiger partial charge in [-0.05, 0) is 36.9 Å². The largest absolute Gasteiger partial charge is 0.374 e. The molecule has 2 N–H and O–H groups in total. The predicted molar refractivity (Wildman–Crippen MR) is 78.6 cm³/mol. The van der Waals surface area contributed by atoms with E-state index in [0.717, 1.165) is 23.2 Å². The number of anilines is 1. The van der Waals surface area contributed by atoms with Gasteiger partial charge in [-0.15, -0.1) is 0 Å². The number of hydrogen-bond acceptors (Lipinski definition) is 3. The fourth-order valence-electron chi connectivity index (χ4n) is 1.49. The van der Waals surface area contributed by atoms with Crippen LogP contribution in [0.4, 0.5) is 5.69 Å². The molecule has 0 radical (unpaired) electrons. The van der Waals surface area contributed by atoms with Gasteiger partial charge in [0.25, 0.3) is 0 Å². The molecule has 0 spiro atoms. The SMILES string of the molecule is CSCCN(C)c1ccc(CCN)c(Br)c1. The Kier molecular flexibility index (Phi) is 6.24. The first kappa shape index (κ1) is 13.9. The lowest BCUT2D eigenvalue weighted by Crippen LogP contribution is -2.20. The van der Waals surface area contributed by atoms with Gasteiger partial charge in [-0.2, -0.15) is 11.8 Å². The monoisotopic (exact) mass is 302 g/mol. The van der Waals surface area contributed by atoms with Gasteiger partial charge in [-0.1, -0.05) is 22.0 Å². The minimum atomic E-state index is 0.695. The minimum absolute atomic E-state index is 0.695. The third kappa shape index (κ3) is 4.00. The molecule has 1 aromatic rings. The average Bonchev–Trinajstić information content (AvgIpc) is 2.29. The highest BCUT2D eigenvalue weighted by atomic mass is 79.9. The molecule has 1 aromatic carbocycles. The van der Waals surface area contributed by atoms with Crippen LogP contribution in [0.1, 0.15) is 5.56 Å². The molecule has 0 amide bonds. The van der Waals surface area contributed by atoms with E-state index in [9.17, 15) is 0 Å². The molecule has 0 fully saturated rings. The third-order valence-electron chi connectivity index (χ3n) is 2.52. The van der Waals surface area contributed by atoms with Crippen LogP contribution in [-0.2, 0) is 6.42 Å². The van der Waals surface area contributed by atoms with Crippen LogP contribution in [0.15, 0.2) is 22.7 Å². The summed E-state index contributed by atoms with van der Waals surface area (Å²) in [6.45, 7) is 1.77. The summed E-state index contributed by atoms with van der Waals surface area (Å²) >= 11 is 5.47. The van der Waals surface area contributed by atoms with Crippen LogP contribution in [0.2, 0.25) is 0 Å². The number of rotatable bonds is 6. The molecule has 0 saturated carbocycles. The summed E-state index contributed by atoms with van der Waals surface area (Å²) in [4.78, 5) is 2.27. The van der Waals surface area contributed by atoms with E-state index in [2.05, 4.69) is 52.3 Å². The Labute approximate surface area is 111 Å². The van der Waals surface area contributed by atoms with E-state index in [0.29, 0.717) is 6.54 Å². The number of thioether (sulfide) groups is 1. The fraction of sp³-hybridized carbons (Fsp3) is 0.500. The Morgan fingerprint density at radius 1 is 1.44 bits per heavy atom. The van der Waals surface area contributed by atoms with E-state index in [1.54, 1.807) is 0 Å². The van der Waals surface area contributed by atoms with E-state index in [1.807, 2.05) is 11.8 Å². The van der Waals surface area contributed by atoms with Crippen molar-refractivity contribution in [2.24, 2.45) is 5.73 Å². The summed E-state index contributed by atoms with van der Waals surface area (Å²) in [5, 5.41) is 0. The summed E-state index contributed by atoms with van der Waals surface area (Å²) in [6, 6.07) is 6.49. The van der Waals surface area contributed by atoms with E-state index >= 15 is 0 Å². The lowest BCUT2D eigenvalue weighted by atomic mass is 10.1. The quantitative estimate of drug-likeness (QED) is 0.876. The van der Waals surface area contributed by atoms with Crippen LogP contribution in [0.5, 0.6) is 0 Å². The molecular weight excluding hydrogens is 284 g/mol. The second kappa shape index (κ2) is 7.20. The summed E-state index contributed by atoms with van der Waals surface area (Å²) in [6.07, 6.45) is 3.06. The molecule has 0 aromatic heterocycles. The standard InChI is InChI=1S/C12H19BrN2S/c1-15(7-8-16-2)11-4-3-10(5-6-14)12(13)9-11/h3-4,9H,5-8,14H2,1-2H3. The molecule has 16 heavy (non-hydrogen) atoms. The number of hydrogen-bond donors (Lipinski definition) is 1. The van der Waals surface area contributed by atoms with E-state index in [-0.39, 0.29) is 0 Å². The molecule has 0 unspecified atom stereocenters. The van der Waals surface area contributed by atoms with Crippen molar-refractivity contribution in [3.05, 3.63) is 28.2 Å². The van der Waals surface area contributed by atoms with Gasteiger partial charge in [0, 0.05) is 29.5 Å². The van der Waals surface area contributed by atoms with Crippen molar-refractivity contribution in [2.75, 3.05) is 37.0 Å². The van der Waals surface area contributed by atoms with Crippen molar-refractivity contribution in [1.29, 1.82) is 0 Å². The number of nitrogens with two attached hydrogens (primary N) is 1. The Morgan fingerprint density at radius 2 is 2.19 bits per heavy atom. The van der Waals surface area contributed by atoms with Crippen LogP contribution in [-0.4, -0.2) is 32.1 Å². The van der Waals surface area contributed by atoms with Gasteiger partial charge in [0.15, 0.2) is 0 Å². The zero-order valence-electron chi connectivity index (χ0n) is 9.87. The Balaban J connectivity index is 2.71. The van der Waals surface area contributed by atoms with Crippen molar-refractivity contribution in [2.45, 2.75) is 6.42 Å². The molecular formula is C12H19BrN2S. The lowest BCUT2D eigenvalue weighted by Gasteiger charge is -2.19. The fourth-order valence-corrected chi connectivity index (χ4v) is 2.51. The van der Waals surface area contributed by atoms with Crippen molar-refractivity contribution >= 4 is 33.4 Å². The molecule has 0 bridgehead atoms. The highest BCUT2D eigenvalue weighted by Crippen LogP contribution is 2.23. The number of nitrogens with zero attached hydrogens (tertiary/aromatic N) is 1. The molecule has 4 heteroatoms. The highest BCUT2D eigenvalue weighted by Gasteiger charge is 2.04. The van der Waals surface area contributed by atoms with E-state index < -0.39 is 0 Å². The first-order valence-corrected chi connectivity index (χ1v) is 7.56. The van der Waals surface area contributed by atoms with Crippen LogP contribution >= 0.6 is 27.7 Å².